The van der Waals surface area contributed by atoms with Crippen LogP contribution in [-0.4, -0.2) is 24.7 Å². The molecule has 0 aliphatic heterocycles. The SMILES string of the molecule is CC(C)(C)[Si]([NH-])(C(C)(C)C)C(C)(C)C.CC(C)(C)[Si]([NH-])(C(C)(C)C)C(C)(C)C.CC(C)(C)[Si]([N]=[V])(C(C)(C)C)C(C)(C)C.[c-]1ccccc1. The fraction of sp³-hybridized carbons (Fsp3) is 0.857. The Labute approximate surface area is 323 Å². The van der Waals surface area contributed by atoms with E-state index in [1.54, 1.807) is 0 Å². The first-order chi connectivity index (χ1) is 20.8. The van der Waals surface area contributed by atoms with Gasteiger partial charge in [0.25, 0.3) is 0 Å². The van der Waals surface area contributed by atoms with Crippen molar-refractivity contribution in [3.8, 4) is 0 Å². The molecule has 0 saturated carbocycles. The molecule has 0 amide bonds. The maximum atomic E-state index is 9.01. The van der Waals surface area contributed by atoms with Crippen LogP contribution in [0.1, 0.15) is 187 Å². The van der Waals surface area contributed by atoms with Crippen LogP contribution in [0.5, 0.6) is 0 Å². The quantitative estimate of drug-likeness (QED) is 0.202. The van der Waals surface area contributed by atoms with Gasteiger partial charge in [-0.15, -0.1) is 0 Å². The molecular formula is C42H88N3Si3V-3. The van der Waals surface area contributed by atoms with Crippen molar-refractivity contribution < 1.29 is 17.2 Å². The molecule has 1 aromatic rings. The Bertz CT molecular complexity index is 917. The average molecular weight is 770 g/mol. The van der Waals surface area contributed by atoms with Crippen LogP contribution in [0.15, 0.2) is 33.8 Å². The average Bonchev–Trinajstić information content (AvgIpc) is 2.79. The maximum absolute atomic E-state index is 9.01. The van der Waals surface area contributed by atoms with E-state index in [9.17, 15) is 0 Å². The Kier molecular flexibility index (Phi) is 18.7. The van der Waals surface area contributed by atoms with Crippen molar-refractivity contribution in [3.63, 3.8) is 0 Å². The van der Waals surface area contributed by atoms with Crippen LogP contribution in [0.25, 0.3) is 10.8 Å². The number of nitrogens with one attached hydrogen (secondary N) is 2. The standard InChI is InChI=1S/2C12H28NSi.C12H27NSi.C6H5.V/c3*1-10(2,3)14(13,11(4,5)6)12(7,8)9;1-2-4-6-5-3-1;/h2*13H,1-9H3;1-9H3;1-5H;/q2*-1;;-1;. The third-order valence-electron chi connectivity index (χ3n) is 10.8. The maximum Gasteiger partial charge on any atom is -0.171 e. The van der Waals surface area contributed by atoms with Gasteiger partial charge in [-0.1, -0.05) is 155 Å². The zero-order valence-corrected chi connectivity index (χ0v) is 42.7. The van der Waals surface area contributed by atoms with Crippen molar-refractivity contribution in [2.75, 3.05) is 0 Å². The molecule has 0 aliphatic carbocycles. The van der Waals surface area contributed by atoms with E-state index in [1.165, 1.54) is 0 Å². The first-order valence-corrected chi connectivity index (χ1v) is 25.2. The van der Waals surface area contributed by atoms with Gasteiger partial charge in [-0.3, -0.25) is 0 Å². The van der Waals surface area contributed by atoms with Crippen LogP contribution >= 0.6 is 0 Å². The van der Waals surface area contributed by atoms with Crippen LogP contribution in [-0.2, 0) is 17.2 Å². The summed E-state index contributed by atoms with van der Waals surface area (Å²) in [5.74, 6) is 0. The van der Waals surface area contributed by atoms with Crippen LogP contribution in [0.2, 0.25) is 45.3 Å². The number of hydrogen-bond acceptors (Lipinski definition) is 1. The summed E-state index contributed by atoms with van der Waals surface area (Å²) in [5.41, 5.74) is 0. The van der Waals surface area contributed by atoms with Crippen molar-refractivity contribution in [2.24, 2.45) is 3.46 Å². The topological polar surface area (TPSA) is 60.0 Å². The van der Waals surface area contributed by atoms with Crippen molar-refractivity contribution in [3.05, 3.63) is 47.2 Å². The molecule has 0 bridgehead atoms. The first kappa shape index (κ1) is 53.5. The summed E-state index contributed by atoms with van der Waals surface area (Å²) in [6, 6.07) is 12.5. The zero-order valence-electron chi connectivity index (χ0n) is 38.3. The summed E-state index contributed by atoms with van der Waals surface area (Å²) in [6.07, 6.45) is 0. The monoisotopic (exact) mass is 770 g/mol. The van der Waals surface area contributed by atoms with Gasteiger partial charge in [-0.2, -0.15) is 36.4 Å². The van der Waals surface area contributed by atoms with Crippen molar-refractivity contribution in [2.45, 2.75) is 232 Å². The molecule has 1 rings (SSSR count). The van der Waals surface area contributed by atoms with E-state index in [0.717, 1.165) is 0 Å². The molecule has 291 valence electrons. The smallest absolute Gasteiger partial charge is 0.171 e. The zero-order chi connectivity index (χ0) is 40.9. The van der Waals surface area contributed by atoms with E-state index in [2.05, 4.69) is 210 Å². The normalized spacial score (nSPS) is 14.7. The number of nitrogens with zero attached hydrogens (tertiary/aromatic N) is 1. The third kappa shape index (κ3) is 12.6. The van der Waals surface area contributed by atoms with Crippen LogP contribution < -0.4 is 0 Å². The predicted octanol–water partition coefficient (Wildman–Crippen LogP) is 17.3. The Morgan fingerprint density at radius 1 is 0.367 bits per heavy atom. The summed E-state index contributed by atoms with van der Waals surface area (Å²) < 4.78 is 4.91. The van der Waals surface area contributed by atoms with Gasteiger partial charge in [-0.05, 0) is 16.5 Å². The number of benzene rings is 1. The molecule has 0 saturated heterocycles. The Hall–Kier alpha value is 0.175. The van der Waals surface area contributed by atoms with E-state index < -0.39 is 24.7 Å². The summed E-state index contributed by atoms with van der Waals surface area (Å²) in [7, 11) is -5.99. The third-order valence-corrected chi connectivity index (χ3v) is 32.5. The van der Waals surface area contributed by atoms with E-state index in [4.69, 9.17) is 14.3 Å². The molecule has 0 radical (unpaired) electrons. The molecule has 0 aliphatic rings. The van der Waals surface area contributed by atoms with Crippen molar-refractivity contribution in [1.82, 2.24) is 0 Å². The molecular weight excluding hydrogens is 682 g/mol. The molecule has 7 heteroatoms. The van der Waals surface area contributed by atoms with Gasteiger partial charge in [0.1, 0.15) is 0 Å². The predicted molar refractivity (Wildman–Crippen MR) is 231 cm³/mol. The molecule has 2 N–H and O–H groups in total. The van der Waals surface area contributed by atoms with E-state index in [-0.39, 0.29) is 45.3 Å². The van der Waals surface area contributed by atoms with E-state index >= 15 is 0 Å². The fourth-order valence-electron chi connectivity index (χ4n) is 10.9. The summed E-state index contributed by atoms with van der Waals surface area (Å²) >= 11 is 2.51. The molecule has 0 fully saturated rings. The largest absolute Gasteiger partial charge is 0.184 e. The minimum Gasteiger partial charge on any atom is -0.184 e. The van der Waals surface area contributed by atoms with Crippen molar-refractivity contribution >= 4 is 24.7 Å². The fourth-order valence-corrected chi connectivity index (χ4v) is 36.3. The minimum absolute atomic E-state index is 0.128. The second kappa shape index (κ2) is 17.1. The number of hydrogen-bond donors (Lipinski definition) is 0. The van der Waals surface area contributed by atoms with Gasteiger partial charge >= 0.3 is 106 Å². The molecule has 0 spiro atoms. The molecule has 3 nitrogen and oxygen atoms in total. The Morgan fingerprint density at radius 2 is 0.551 bits per heavy atom. The summed E-state index contributed by atoms with van der Waals surface area (Å²) in [5, 5.41) is 19.7. The second-order valence-corrected chi connectivity index (χ2v) is 42.7. The summed E-state index contributed by atoms with van der Waals surface area (Å²) in [6.45, 7) is 61.5. The van der Waals surface area contributed by atoms with Gasteiger partial charge in [-0.25, -0.2) is 0 Å². The van der Waals surface area contributed by atoms with Gasteiger partial charge in [0.15, 0.2) is 0 Å². The molecule has 0 atom stereocenters. The van der Waals surface area contributed by atoms with Crippen LogP contribution in [0.3, 0.4) is 0 Å². The molecule has 49 heavy (non-hydrogen) atoms. The molecule has 0 unspecified atom stereocenters. The van der Waals surface area contributed by atoms with Gasteiger partial charge in [0.2, 0.25) is 0 Å². The van der Waals surface area contributed by atoms with Gasteiger partial charge < -0.3 is 10.8 Å². The summed E-state index contributed by atoms with van der Waals surface area (Å²) in [4.78, 5) is 0. The van der Waals surface area contributed by atoms with E-state index in [1.807, 2.05) is 30.3 Å². The van der Waals surface area contributed by atoms with Gasteiger partial charge in [0, 0.05) is 0 Å². The number of rotatable bonds is 1. The Morgan fingerprint density at radius 3 is 0.571 bits per heavy atom. The molecule has 1 aromatic carbocycles. The Balaban J connectivity index is -0.000000595. The van der Waals surface area contributed by atoms with Gasteiger partial charge in [0.05, 0.1) is 0 Å². The van der Waals surface area contributed by atoms with Crippen molar-refractivity contribution in [1.29, 1.82) is 0 Å². The second-order valence-electron chi connectivity index (χ2n) is 23.6. The minimum atomic E-state index is -2.10. The molecule has 0 aromatic heterocycles. The van der Waals surface area contributed by atoms with Crippen LogP contribution in [0, 0.1) is 6.07 Å². The van der Waals surface area contributed by atoms with E-state index in [0.29, 0.717) is 0 Å². The molecule has 0 heterocycles. The first-order valence-electron chi connectivity index (χ1n) is 18.6. The van der Waals surface area contributed by atoms with Crippen LogP contribution in [0.4, 0.5) is 0 Å².